The highest BCUT2D eigenvalue weighted by Crippen LogP contribution is 2.45. The minimum atomic E-state index is -0.110. The van der Waals surface area contributed by atoms with Crippen molar-refractivity contribution in [3.05, 3.63) is 35.6 Å². The lowest BCUT2D eigenvalue weighted by atomic mass is 9.84. The third-order valence-corrected chi connectivity index (χ3v) is 4.04. The van der Waals surface area contributed by atoms with E-state index in [1.54, 1.807) is 6.07 Å². The first kappa shape index (κ1) is 10.3. The van der Waals surface area contributed by atoms with E-state index in [4.69, 9.17) is 0 Å². The van der Waals surface area contributed by atoms with Gasteiger partial charge in [-0.05, 0) is 62.3 Å². The van der Waals surface area contributed by atoms with Gasteiger partial charge < -0.3 is 5.32 Å². The highest BCUT2D eigenvalue weighted by atomic mass is 19.1. The molecule has 0 spiro atoms. The Morgan fingerprint density at radius 1 is 1.38 bits per heavy atom. The summed E-state index contributed by atoms with van der Waals surface area (Å²) in [6, 6.07) is 7.08. The van der Waals surface area contributed by atoms with Crippen molar-refractivity contribution in [1.82, 2.24) is 5.32 Å². The van der Waals surface area contributed by atoms with Crippen LogP contribution in [0.1, 0.15) is 31.2 Å². The predicted octanol–water partition coefficient (Wildman–Crippen LogP) is 2.90. The third-order valence-electron chi connectivity index (χ3n) is 4.04. The zero-order chi connectivity index (χ0) is 11.0. The molecule has 1 nitrogen and oxygen atoms in total. The second kappa shape index (κ2) is 3.85. The fourth-order valence-electron chi connectivity index (χ4n) is 3.12. The van der Waals surface area contributed by atoms with Crippen molar-refractivity contribution in [2.45, 2.75) is 37.6 Å². The average Bonchev–Trinajstić information content (AvgIpc) is 3.02. The summed E-state index contributed by atoms with van der Waals surface area (Å²) in [5.41, 5.74) is 1.43. The largest absolute Gasteiger partial charge is 0.311 e. The van der Waals surface area contributed by atoms with Crippen molar-refractivity contribution in [3.63, 3.8) is 0 Å². The molecule has 0 amide bonds. The van der Waals surface area contributed by atoms with Crippen molar-refractivity contribution in [2.75, 3.05) is 6.54 Å². The van der Waals surface area contributed by atoms with Crippen LogP contribution in [0.25, 0.3) is 0 Å². The van der Waals surface area contributed by atoms with E-state index < -0.39 is 0 Å². The first-order chi connectivity index (χ1) is 7.78. The van der Waals surface area contributed by atoms with Gasteiger partial charge in [0.15, 0.2) is 0 Å². The smallest absolute Gasteiger partial charge is 0.123 e. The molecule has 1 aliphatic carbocycles. The summed E-state index contributed by atoms with van der Waals surface area (Å²) in [4.78, 5) is 0. The molecule has 2 heteroatoms. The molecular weight excluding hydrogens is 201 g/mol. The molecule has 1 saturated heterocycles. The summed E-state index contributed by atoms with van der Waals surface area (Å²) >= 11 is 0. The number of nitrogens with one attached hydrogen (secondary N) is 1. The van der Waals surface area contributed by atoms with Crippen molar-refractivity contribution < 1.29 is 4.39 Å². The number of halogens is 1. The Kier molecular flexibility index (Phi) is 2.47. The maximum Gasteiger partial charge on any atom is 0.123 e. The summed E-state index contributed by atoms with van der Waals surface area (Å²) in [6.07, 6.45) is 6.22. The van der Waals surface area contributed by atoms with E-state index in [1.165, 1.54) is 31.7 Å². The Hall–Kier alpha value is -0.890. The minimum absolute atomic E-state index is 0.110. The Morgan fingerprint density at radius 2 is 2.25 bits per heavy atom. The molecule has 1 atom stereocenters. The standard InChI is InChI=1S/C14H18FN/c15-13-4-1-3-11(9-13)10-14(12-5-6-12)7-2-8-16-14/h1,3-4,9,12,16H,2,5-8,10H2. The van der Waals surface area contributed by atoms with Crippen LogP contribution in [0.4, 0.5) is 4.39 Å². The topological polar surface area (TPSA) is 12.0 Å². The molecule has 2 aliphatic rings. The van der Waals surface area contributed by atoms with Gasteiger partial charge in [0.05, 0.1) is 0 Å². The molecule has 0 aromatic heterocycles. The van der Waals surface area contributed by atoms with Crippen LogP contribution in [0.15, 0.2) is 24.3 Å². The van der Waals surface area contributed by atoms with E-state index >= 15 is 0 Å². The molecule has 86 valence electrons. The monoisotopic (exact) mass is 219 g/mol. The molecule has 1 heterocycles. The van der Waals surface area contributed by atoms with Crippen molar-refractivity contribution >= 4 is 0 Å². The lowest BCUT2D eigenvalue weighted by Crippen LogP contribution is -2.44. The summed E-state index contributed by atoms with van der Waals surface area (Å²) < 4.78 is 13.2. The molecule has 1 unspecified atom stereocenters. The fraction of sp³-hybridized carbons (Fsp3) is 0.571. The summed E-state index contributed by atoms with van der Waals surface area (Å²) in [5.74, 6) is 0.722. The zero-order valence-electron chi connectivity index (χ0n) is 9.51. The van der Waals surface area contributed by atoms with Gasteiger partial charge in [0.2, 0.25) is 0 Å². The van der Waals surface area contributed by atoms with Gasteiger partial charge in [-0.1, -0.05) is 12.1 Å². The van der Waals surface area contributed by atoms with Crippen molar-refractivity contribution in [1.29, 1.82) is 0 Å². The van der Waals surface area contributed by atoms with E-state index in [0.717, 1.165) is 24.4 Å². The third kappa shape index (κ3) is 1.86. The van der Waals surface area contributed by atoms with Gasteiger partial charge in [-0.3, -0.25) is 0 Å². The van der Waals surface area contributed by atoms with E-state index in [9.17, 15) is 4.39 Å². The van der Waals surface area contributed by atoms with Crippen molar-refractivity contribution in [2.24, 2.45) is 5.92 Å². The van der Waals surface area contributed by atoms with Crippen LogP contribution in [0.5, 0.6) is 0 Å². The fourth-order valence-corrected chi connectivity index (χ4v) is 3.12. The molecule has 16 heavy (non-hydrogen) atoms. The first-order valence-electron chi connectivity index (χ1n) is 6.28. The molecule has 1 aliphatic heterocycles. The van der Waals surface area contributed by atoms with Crippen LogP contribution in [0.2, 0.25) is 0 Å². The lowest BCUT2D eigenvalue weighted by Gasteiger charge is -2.30. The number of hydrogen-bond donors (Lipinski definition) is 1. The van der Waals surface area contributed by atoms with E-state index in [-0.39, 0.29) is 11.4 Å². The number of hydrogen-bond acceptors (Lipinski definition) is 1. The lowest BCUT2D eigenvalue weighted by molar-refractivity contribution is 0.323. The van der Waals surface area contributed by atoms with Crippen LogP contribution in [0, 0.1) is 11.7 Å². The molecule has 2 fully saturated rings. The van der Waals surface area contributed by atoms with Crippen LogP contribution >= 0.6 is 0 Å². The highest BCUT2D eigenvalue weighted by molar-refractivity contribution is 5.21. The second-order valence-electron chi connectivity index (χ2n) is 5.27. The van der Waals surface area contributed by atoms with E-state index in [1.807, 2.05) is 12.1 Å². The quantitative estimate of drug-likeness (QED) is 0.824. The minimum Gasteiger partial charge on any atom is -0.311 e. The van der Waals surface area contributed by atoms with Gasteiger partial charge in [-0.25, -0.2) is 4.39 Å². The predicted molar refractivity (Wildman–Crippen MR) is 62.8 cm³/mol. The molecule has 3 rings (SSSR count). The Balaban J connectivity index is 1.81. The molecule has 1 saturated carbocycles. The Bertz CT molecular complexity index is 378. The van der Waals surface area contributed by atoms with Gasteiger partial charge >= 0.3 is 0 Å². The SMILES string of the molecule is Fc1cccc(CC2(C3CC3)CCCN2)c1. The van der Waals surface area contributed by atoms with Gasteiger partial charge in [0, 0.05) is 5.54 Å². The molecule has 1 aromatic rings. The van der Waals surface area contributed by atoms with E-state index in [0.29, 0.717) is 0 Å². The van der Waals surface area contributed by atoms with Gasteiger partial charge in [0.25, 0.3) is 0 Å². The summed E-state index contributed by atoms with van der Waals surface area (Å²) in [7, 11) is 0. The van der Waals surface area contributed by atoms with Gasteiger partial charge in [0.1, 0.15) is 5.82 Å². The second-order valence-corrected chi connectivity index (χ2v) is 5.27. The normalized spacial score (nSPS) is 29.6. The molecule has 1 N–H and O–H groups in total. The molecular formula is C14H18FN. The van der Waals surface area contributed by atoms with Gasteiger partial charge in [-0.2, -0.15) is 0 Å². The number of benzene rings is 1. The summed E-state index contributed by atoms with van der Waals surface area (Å²) in [5, 5.41) is 3.68. The molecule has 0 radical (unpaired) electrons. The molecule has 0 bridgehead atoms. The van der Waals surface area contributed by atoms with Crippen LogP contribution in [-0.2, 0) is 6.42 Å². The van der Waals surface area contributed by atoms with Crippen LogP contribution < -0.4 is 5.32 Å². The molecule has 1 aromatic carbocycles. The van der Waals surface area contributed by atoms with Crippen LogP contribution in [0.3, 0.4) is 0 Å². The van der Waals surface area contributed by atoms with Gasteiger partial charge in [-0.15, -0.1) is 0 Å². The number of rotatable bonds is 3. The zero-order valence-corrected chi connectivity index (χ0v) is 9.51. The van der Waals surface area contributed by atoms with E-state index in [2.05, 4.69) is 5.32 Å². The maximum absolute atomic E-state index is 13.2. The van der Waals surface area contributed by atoms with Crippen LogP contribution in [-0.4, -0.2) is 12.1 Å². The first-order valence-corrected chi connectivity index (χ1v) is 6.28. The van der Waals surface area contributed by atoms with Crippen molar-refractivity contribution in [3.8, 4) is 0 Å². The Morgan fingerprint density at radius 3 is 2.88 bits per heavy atom. The maximum atomic E-state index is 13.2. The average molecular weight is 219 g/mol. The highest BCUT2D eigenvalue weighted by Gasteiger charge is 2.46. The Labute approximate surface area is 96.1 Å². The summed E-state index contributed by atoms with van der Waals surface area (Å²) in [6.45, 7) is 1.13.